The van der Waals surface area contributed by atoms with Crippen LogP contribution in [0.25, 0.3) is 0 Å². The van der Waals surface area contributed by atoms with Crippen molar-refractivity contribution in [1.29, 1.82) is 0 Å². The second kappa shape index (κ2) is 2.81. The van der Waals surface area contributed by atoms with Crippen LogP contribution in [0, 0.1) is 0 Å². The Morgan fingerprint density at radius 1 is 1.30 bits per heavy atom. The molecule has 5 nitrogen and oxygen atoms in total. The van der Waals surface area contributed by atoms with Crippen LogP contribution in [-0.4, -0.2) is 51.6 Å². The van der Waals surface area contributed by atoms with E-state index in [2.05, 4.69) is 4.74 Å². The zero-order chi connectivity index (χ0) is 7.72. The molecule has 10 heavy (non-hydrogen) atoms. The van der Waals surface area contributed by atoms with E-state index in [1.165, 1.54) is 0 Å². The highest BCUT2D eigenvalue weighted by Crippen LogP contribution is 2.15. The molecule has 5 heteroatoms. The van der Waals surface area contributed by atoms with E-state index in [1.807, 2.05) is 0 Å². The van der Waals surface area contributed by atoms with E-state index < -0.39 is 24.6 Å². The summed E-state index contributed by atoms with van der Waals surface area (Å²) in [5.41, 5.74) is 0. The predicted octanol–water partition coefficient (Wildman–Crippen LogP) is -2.58. The molecule has 1 aliphatic heterocycles. The molecule has 3 atom stereocenters. The Morgan fingerprint density at radius 3 is 2.10 bits per heavy atom. The Hall–Kier alpha value is -0.200. The normalized spacial score (nSPS) is 41.1. The summed E-state index contributed by atoms with van der Waals surface area (Å²) in [5.74, 6) is 0. The van der Waals surface area contributed by atoms with Crippen molar-refractivity contribution in [3.8, 4) is 0 Å². The van der Waals surface area contributed by atoms with Crippen LogP contribution in [0.1, 0.15) is 0 Å². The van der Waals surface area contributed by atoms with Gasteiger partial charge in [0.15, 0.2) is 6.29 Å². The second-order valence-corrected chi connectivity index (χ2v) is 2.27. The van der Waals surface area contributed by atoms with Gasteiger partial charge in [-0.05, 0) is 0 Å². The minimum atomic E-state index is -1.73. The summed E-state index contributed by atoms with van der Waals surface area (Å²) in [6.07, 6.45) is -5.01. The van der Waals surface area contributed by atoms with Crippen molar-refractivity contribution in [1.82, 2.24) is 0 Å². The maximum Gasteiger partial charge on any atom is 0.181 e. The number of hydrogen-bond acceptors (Lipinski definition) is 5. The summed E-state index contributed by atoms with van der Waals surface area (Å²) < 4.78 is 4.64. The van der Waals surface area contributed by atoms with Gasteiger partial charge in [0.05, 0.1) is 6.61 Å². The van der Waals surface area contributed by atoms with Crippen molar-refractivity contribution in [3.05, 3.63) is 0 Å². The maximum absolute atomic E-state index is 8.93. The first-order chi connectivity index (χ1) is 4.63. The van der Waals surface area contributed by atoms with Crippen molar-refractivity contribution in [2.24, 2.45) is 0 Å². The molecule has 0 aromatic carbocycles. The maximum atomic E-state index is 8.93. The van der Waals surface area contributed by atoms with Crippen molar-refractivity contribution in [2.45, 2.75) is 24.6 Å². The first-order valence-corrected chi connectivity index (χ1v) is 2.97. The van der Waals surface area contributed by atoms with Crippen molar-refractivity contribution in [3.63, 3.8) is 0 Å². The molecule has 4 N–H and O–H groups in total. The Morgan fingerprint density at radius 2 is 1.90 bits per heavy atom. The van der Waals surface area contributed by atoms with Gasteiger partial charge in [-0.1, -0.05) is 0 Å². The van der Waals surface area contributed by atoms with Gasteiger partial charge in [-0.2, -0.15) is 0 Å². The Balaban J connectivity index is 2.49. The van der Waals surface area contributed by atoms with E-state index in [0.717, 1.165) is 0 Å². The van der Waals surface area contributed by atoms with Gasteiger partial charge in [0.25, 0.3) is 0 Å². The van der Waals surface area contributed by atoms with Gasteiger partial charge in [0, 0.05) is 0 Å². The SMILES string of the molecule is OC(O)[C@H]1OC[C@H](O)[C@@H]1O. The summed E-state index contributed by atoms with van der Waals surface area (Å²) in [6, 6.07) is 0. The molecule has 0 unspecified atom stereocenters. The molecule has 0 aromatic rings. The lowest BCUT2D eigenvalue weighted by molar-refractivity contribution is -0.151. The van der Waals surface area contributed by atoms with Gasteiger partial charge >= 0.3 is 0 Å². The quantitative estimate of drug-likeness (QED) is 0.308. The molecule has 0 spiro atoms. The first kappa shape index (κ1) is 7.90. The molecular formula is C5H10O5. The molecule has 1 heterocycles. The minimum Gasteiger partial charge on any atom is -0.388 e. The van der Waals surface area contributed by atoms with Gasteiger partial charge in [-0.25, -0.2) is 0 Å². The number of aliphatic hydroxyl groups is 4. The molecule has 1 aliphatic rings. The van der Waals surface area contributed by atoms with Crippen LogP contribution >= 0.6 is 0 Å². The third kappa shape index (κ3) is 1.28. The lowest BCUT2D eigenvalue weighted by Crippen LogP contribution is -2.38. The molecule has 60 valence electrons. The molecule has 1 fully saturated rings. The smallest absolute Gasteiger partial charge is 0.181 e. The Kier molecular flexibility index (Phi) is 2.22. The highest BCUT2D eigenvalue weighted by atomic mass is 16.6. The van der Waals surface area contributed by atoms with Gasteiger partial charge < -0.3 is 25.2 Å². The summed E-state index contributed by atoms with van der Waals surface area (Å²) in [7, 11) is 0. The van der Waals surface area contributed by atoms with Crippen LogP contribution < -0.4 is 0 Å². The molecule has 0 aliphatic carbocycles. The van der Waals surface area contributed by atoms with Crippen LogP contribution in [0.15, 0.2) is 0 Å². The molecule has 0 radical (unpaired) electrons. The Labute approximate surface area is 57.5 Å². The molecule has 0 aromatic heterocycles. The van der Waals surface area contributed by atoms with Crippen LogP contribution in [0.3, 0.4) is 0 Å². The van der Waals surface area contributed by atoms with Gasteiger partial charge in [0.2, 0.25) is 0 Å². The Bertz CT molecular complexity index is 115. The van der Waals surface area contributed by atoms with Gasteiger partial charge in [-0.3, -0.25) is 0 Å². The summed E-state index contributed by atoms with van der Waals surface area (Å²) in [4.78, 5) is 0. The predicted molar refractivity (Wildman–Crippen MR) is 30.0 cm³/mol. The summed E-state index contributed by atoms with van der Waals surface area (Å²) in [6.45, 7) is -0.0521. The highest BCUT2D eigenvalue weighted by Gasteiger charge is 2.38. The van der Waals surface area contributed by atoms with Crippen molar-refractivity contribution in [2.75, 3.05) is 6.61 Å². The zero-order valence-electron chi connectivity index (χ0n) is 5.21. The number of hydrogen-bond donors (Lipinski definition) is 4. The van der Waals surface area contributed by atoms with E-state index in [9.17, 15) is 0 Å². The van der Waals surface area contributed by atoms with E-state index >= 15 is 0 Å². The van der Waals surface area contributed by atoms with Crippen molar-refractivity contribution < 1.29 is 25.2 Å². The molecule has 0 saturated carbocycles. The fraction of sp³-hybridized carbons (Fsp3) is 1.00. The average Bonchev–Trinajstić information content (AvgIpc) is 2.14. The highest BCUT2D eigenvalue weighted by molar-refractivity contribution is 4.83. The van der Waals surface area contributed by atoms with Crippen LogP contribution in [-0.2, 0) is 4.74 Å². The van der Waals surface area contributed by atoms with Gasteiger partial charge in [0.1, 0.15) is 18.3 Å². The van der Waals surface area contributed by atoms with E-state index in [0.29, 0.717) is 0 Å². The van der Waals surface area contributed by atoms with Gasteiger partial charge in [-0.15, -0.1) is 0 Å². The molecule has 1 rings (SSSR count). The lowest BCUT2D eigenvalue weighted by Gasteiger charge is -2.15. The summed E-state index contributed by atoms with van der Waals surface area (Å²) in [5, 5.41) is 34.8. The molecule has 0 bridgehead atoms. The molecule has 1 saturated heterocycles. The zero-order valence-corrected chi connectivity index (χ0v) is 5.21. The van der Waals surface area contributed by atoms with Crippen LogP contribution in [0.4, 0.5) is 0 Å². The topological polar surface area (TPSA) is 90.2 Å². The van der Waals surface area contributed by atoms with E-state index in [4.69, 9.17) is 20.4 Å². The summed E-state index contributed by atoms with van der Waals surface area (Å²) >= 11 is 0. The van der Waals surface area contributed by atoms with Crippen molar-refractivity contribution >= 4 is 0 Å². The fourth-order valence-corrected chi connectivity index (χ4v) is 0.888. The largest absolute Gasteiger partial charge is 0.388 e. The van der Waals surface area contributed by atoms with E-state index in [1.54, 1.807) is 0 Å². The number of aliphatic hydroxyl groups excluding tert-OH is 3. The number of rotatable bonds is 1. The first-order valence-electron chi connectivity index (χ1n) is 2.97. The third-order valence-electron chi connectivity index (χ3n) is 1.48. The second-order valence-electron chi connectivity index (χ2n) is 2.27. The monoisotopic (exact) mass is 150 g/mol. The van der Waals surface area contributed by atoms with Crippen LogP contribution in [0.5, 0.6) is 0 Å². The fourth-order valence-electron chi connectivity index (χ4n) is 0.888. The third-order valence-corrected chi connectivity index (χ3v) is 1.48. The minimum absolute atomic E-state index is 0.0521. The average molecular weight is 150 g/mol. The lowest BCUT2D eigenvalue weighted by atomic mass is 10.1. The standard InChI is InChI=1S/C5H10O5/c6-2-1-10-4(3(2)7)5(8)9/h2-9H,1H2/t2-,3-,4-/m0/s1. The molecular weight excluding hydrogens is 140 g/mol. The van der Waals surface area contributed by atoms with Crippen LogP contribution in [0.2, 0.25) is 0 Å². The number of ether oxygens (including phenoxy) is 1. The van der Waals surface area contributed by atoms with E-state index in [-0.39, 0.29) is 6.61 Å². The molecule has 0 amide bonds.